The molecule has 0 saturated heterocycles. The van der Waals surface area contributed by atoms with E-state index in [-0.39, 0.29) is 12.1 Å². The van der Waals surface area contributed by atoms with Gasteiger partial charge in [0.2, 0.25) is 0 Å². The second-order valence-corrected chi connectivity index (χ2v) is 6.54. The number of aromatic nitrogens is 1. The molecule has 2 unspecified atom stereocenters. The minimum absolute atomic E-state index is 0.00714. The van der Waals surface area contributed by atoms with Gasteiger partial charge in [0.15, 0.2) is 0 Å². The summed E-state index contributed by atoms with van der Waals surface area (Å²) in [5.41, 5.74) is 7.03. The molecule has 0 aliphatic rings. The van der Waals surface area contributed by atoms with Crippen molar-refractivity contribution in [3.05, 3.63) is 38.9 Å². The third-order valence-electron chi connectivity index (χ3n) is 2.95. The fraction of sp³-hybridized carbons (Fsp3) is 0.462. The van der Waals surface area contributed by atoms with E-state index >= 15 is 0 Å². The zero-order valence-corrected chi connectivity index (χ0v) is 12.8. The number of nitrogens with zero attached hydrogens (tertiary/aromatic N) is 2. The van der Waals surface area contributed by atoms with Crippen molar-refractivity contribution in [3.8, 4) is 0 Å². The van der Waals surface area contributed by atoms with Gasteiger partial charge in [-0.25, -0.2) is 0 Å². The molecule has 2 aromatic rings. The van der Waals surface area contributed by atoms with Gasteiger partial charge in [-0.2, -0.15) is 0 Å². The number of likely N-dealkylation sites (N-methyl/N-ethyl adjacent to an activating group) is 1. The minimum Gasteiger partial charge on any atom is -0.361 e. The molecule has 19 heavy (non-hydrogen) atoms. The molecule has 4 nitrogen and oxygen atoms in total. The van der Waals surface area contributed by atoms with Gasteiger partial charge >= 0.3 is 0 Å². The van der Waals surface area contributed by atoms with Gasteiger partial charge in [0.05, 0.1) is 16.1 Å². The van der Waals surface area contributed by atoms with E-state index in [4.69, 9.17) is 21.9 Å². The van der Waals surface area contributed by atoms with Crippen LogP contribution in [0.15, 0.2) is 22.7 Å². The zero-order chi connectivity index (χ0) is 14.0. The summed E-state index contributed by atoms with van der Waals surface area (Å²) < 4.78 is 5.87. The van der Waals surface area contributed by atoms with E-state index in [9.17, 15) is 0 Å². The summed E-state index contributed by atoms with van der Waals surface area (Å²) in [6, 6.07) is 6.01. The Morgan fingerprint density at radius 1 is 1.53 bits per heavy atom. The maximum absolute atomic E-state index is 6.12. The summed E-state index contributed by atoms with van der Waals surface area (Å²) in [5.74, 6) is 0.819. The summed E-state index contributed by atoms with van der Waals surface area (Å²) in [4.78, 5) is 3.34. The van der Waals surface area contributed by atoms with Crippen LogP contribution in [0.4, 0.5) is 0 Å². The van der Waals surface area contributed by atoms with Crippen LogP contribution < -0.4 is 5.73 Å². The van der Waals surface area contributed by atoms with Crippen molar-refractivity contribution >= 4 is 22.9 Å². The molecular formula is C13H18ClN3OS. The van der Waals surface area contributed by atoms with E-state index in [1.807, 2.05) is 39.1 Å². The Morgan fingerprint density at radius 3 is 2.74 bits per heavy atom. The first-order valence-electron chi connectivity index (χ1n) is 6.10. The minimum atomic E-state index is 0.00714. The van der Waals surface area contributed by atoms with Crippen LogP contribution in [0.25, 0.3) is 0 Å². The summed E-state index contributed by atoms with van der Waals surface area (Å²) in [7, 11) is 2.03. The quantitative estimate of drug-likeness (QED) is 0.921. The van der Waals surface area contributed by atoms with E-state index in [0.717, 1.165) is 15.8 Å². The van der Waals surface area contributed by atoms with E-state index in [0.29, 0.717) is 6.54 Å². The maximum atomic E-state index is 6.12. The molecule has 0 amide bonds. The smallest absolute Gasteiger partial charge is 0.133 e. The number of rotatable bonds is 5. The number of hydrogen-bond acceptors (Lipinski definition) is 5. The van der Waals surface area contributed by atoms with Crippen LogP contribution in [0, 0.1) is 6.92 Å². The monoisotopic (exact) mass is 299 g/mol. The van der Waals surface area contributed by atoms with Crippen LogP contribution in [-0.2, 0) is 6.54 Å². The van der Waals surface area contributed by atoms with Crippen molar-refractivity contribution in [1.29, 1.82) is 0 Å². The van der Waals surface area contributed by atoms with Crippen molar-refractivity contribution < 1.29 is 4.52 Å². The summed E-state index contributed by atoms with van der Waals surface area (Å²) in [5, 5.41) is 4.02. The molecule has 0 aliphatic heterocycles. The van der Waals surface area contributed by atoms with Gasteiger partial charge in [0.1, 0.15) is 5.76 Å². The second kappa shape index (κ2) is 6.05. The molecular weight excluding hydrogens is 282 g/mol. The van der Waals surface area contributed by atoms with E-state index in [1.54, 1.807) is 11.3 Å². The Balaban J connectivity index is 2.15. The Hall–Kier alpha value is -0.880. The first kappa shape index (κ1) is 14.5. The number of hydrogen-bond donors (Lipinski definition) is 1. The Bertz CT molecular complexity index is 537. The second-order valence-electron chi connectivity index (χ2n) is 4.79. The summed E-state index contributed by atoms with van der Waals surface area (Å²) >= 11 is 7.58. The summed E-state index contributed by atoms with van der Waals surface area (Å²) in [6.07, 6.45) is 0. The first-order chi connectivity index (χ1) is 8.97. The average Bonchev–Trinajstić information content (AvgIpc) is 2.88. The van der Waals surface area contributed by atoms with E-state index < -0.39 is 0 Å². The van der Waals surface area contributed by atoms with Gasteiger partial charge in [-0.15, -0.1) is 11.3 Å². The zero-order valence-electron chi connectivity index (χ0n) is 11.3. The molecule has 2 rings (SSSR count). The van der Waals surface area contributed by atoms with Crippen LogP contribution >= 0.6 is 22.9 Å². The van der Waals surface area contributed by atoms with E-state index in [2.05, 4.69) is 10.1 Å². The molecule has 0 fully saturated rings. The lowest BCUT2D eigenvalue weighted by Crippen LogP contribution is -2.36. The van der Waals surface area contributed by atoms with Gasteiger partial charge in [-0.05, 0) is 33.0 Å². The standard InChI is InChI=1S/C13H18ClN3OS/c1-8-6-10(16-18-8)7-17(3)13(9(2)15)11-4-5-12(14)19-11/h4-6,9,13H,7,15H2,1-3H3. The number of nitrogens with two attached hydrogens (primary N) is 1. The third-order valence-corrected chi connectivity index (χ3v) is 4.25. The van der Waals surface area contributed by atoms with E-state index in [1.165, 1.54) is 4.88 Å². The molecule has 0 saturated carbocycles. The molecule has 0 radical (unpaired) electrons. The number of thiophene rings is 1. The lowest BCUT2D eigenvalue weighted by atomic mass is 10.1. The topological polar surface area (TPSA) is 55.3 Å². The van der Waals surface area contributed by atoms with Gasteiger partial charge in [0, 0.05) is 23.5 Å². The lowest BCUT2D eigenvalue weighted by molar-refractivity contribution is 0.208. The molecule has 0 bridgehead atoms. The first-order valence-corrected chi connectivity index (χ1v) is 7.30. The highest BCUT2D eigenvalue weighted by molar-refractivity contribution is 7.16. The van der Waals surface area contributed by atoms with Gasteiger partial charge in [-0.1, -0.05) is 16.8 Å². The van der Waals surface area contributed by atoms with Crippen molar-refractivity contribution in [2.45, 2.75) is 32.5 Å². The van der Waals surface area contributed by atoms with Crippen LogP contribution in [-0.4, -0.2) is 23.1 Å². The predicted octanol–water partition coefficient (Wildman–Crippen LogP) is 3.22. The number of halogens is 1. The summed E-state index contributed by atoms with van der Waals surface area (Å²) in [6.45, 7) is 4.58. The number of aryl methyl sites for hydroxylation is 1. The SMILES string of the molecule is Cc1cc(CN(C)C(c2ccc(Cl)s2)C(C)N)no1. The Kier molecular flexibility index (Phi) is 4.62. The van der Waals surface area contributed by atoms with Crippen molar-refractivity contribution in [2.24, 2.45) is 5.73 Å². The molecule has 104 valence electrons. The molecule has 0 aromatic carbocycles. The largest absolute Gasteiger partial charge is 0.361 e. The predicted molar refractivity (Wildman–Crippen MR) is 78.4 cm³/mol. The van der Waals surface area contributed by atoms with Gasteiger partial charge < -0.3 is 10.3 Å². The van der Waals surface area contributed by atoms with Crippen LogP contribution in [0.3, 0.4) is 0 Å². The van der Waals surface area contributed by atoms with Gasteiger partial charge in [0.25, 0.3) is 0 Å². The highest BCUT2D eigenvalue weighted by Gasteiger charge is 2.23. The highest BCUT2D eigenvalue weighted by Crippen LogP contribution is 2.32. The fourth-order valence-electron chi connectivity index (χ4n) is 2.21. The molecule has 2 atom stereocenters. The van der Waals surface area contributed by atoms with Crippen molar-refractivity contribution in [3.63, 3.8) is 0 Å². The molecule has 6 heteroatoms. The maximum Gasteiger partial charge on any atom is 0.133 e. The lowest BCUT2D eigenvalue weighted by Gasteiger charge is -2.29. The molecule has 2 aromatic heterocycles. The average molecular weight is 300 g/mol. The fourth-order valence-corrected chi connectivity index (χ4v) is 3.55. The Labute approximate surface area is 122 Å². The molecule has 2 heterocycles. The highest BCUT2D eigenvalue weighted by atomic mass is 35.5. The Morgan fingerprint density at radius 2 is 2.26 bits per heavy atom. The van der Waals surface area contributed by atoms with Crippen LogP contribution in [0.1, 0.15) is 29.3 Å². The molecule has 2 N–H and O–H groups in total. The van der Waals surface area contributed by atoms with Crippen LogP contribution in [0.5, 0.6) is 0 Å². The third kappa shape index (κ3) is 3.57. The van der Waals surface area contributed by atoms with Crippen molar-refractivity contribution in [1.82, 2.24) is 10.1 Å². The normalized spacial score (nSPS) is 14.8. The van der Waals surface area contributed by atoms with Gasteiger partial charge in [-0.3, -0.25) is 4.90 Å². The molecule has 0 spiro atoms. The van der Waals surface area contributed by atoms with Crippen LogP contribution in [0.2, 0.25) is 4.34 Å². The van der Waals surface area contributed by atoms with Crippen molar-refractivity contribution in [2.75, 3.05) is 7.05 Å². The molecule has 0 aliphatic carbocycles.